The Kier molecular flexibility index (Phi) is 4.67. The SMILES string of the molecule is O=C(CN(CC1CCCN1)C1CC1)NNc1ccccn1. The summed E-state index contributed by atoms with van der Waals surface area (Å²) in [5.74, 6) is 0.645. The Labute approximate surface area is 125 Å². The second-order valence-electron chi connectivity index (χ2n) is 5.84. The van der Waals surface area contributed by atoms with E-state index in [4.69, 9.17) is 0 Å². The number of amides is 1. The number of aromatic nitrogens is 1. The molecule has 6 heteroatoms. The fourth-order valence-electron chi connectivity index (χ4n) is 2.77. The van der Waals surface area contributed by atoms with E-state index in [0.29, 0.717) is 24.4 Å². The van der Waals surface area contributed by atoms with Gasteiger partial charge < -0.3 is 5.32 Å². The maximum atomic E-state index is 12.1. The average molecular weight is 289 g/mol. The fourth-order valence-corrected chi connectivity index (χ4v) is 2.77. The third kappa shape index (κ3) is 4.41. The highest BCUT2D eigenvalue weighted by Crippen LogP contribution is 2.27. The molecule has 3 N–H and O–H groups in total. The van der Waals surface area contributed by atoms with Crippen LogP contribution < -0.4 is 16.2 Å². The lowest BCUT2D eigenvalue weighted by Crippen LogP contribution is -2.45. The lowest BCUT2D eigenvalue weighted by atomic mass is 10.2. The van der Waals surface area contributed by atoms with Gasteiger partial charge in [0.25, 0.3) is 5.91 Å². The smallest absolute Gasteiger partial charge is 0.252 e. The summed E-state index contributed by atoms with van der Waals surface area (Å²) in [6.45, 7) is 2.53. The molecular weight excluding hydrogens is 266 g/mol. The van der Waals surface area contributed by atoms with E-state index >= 15 is 0 Å². The number of anilines is 1. The van der Waals surface area contributed by atoms with E-state index in [1.807, 2.05) is 18.2 Å². The van der Waals surface area contributed by atoms with E-state index in [2.05, 4.69) is 26.1 Å². The Morgan fingerprint density at radius 2 is 2.29 bits per heavy atom. The van der Waals surface area contributed by atoms with Gasteiger partial charge in [0.2, 0.25) is 0 Å². The van der Waals surface area contributed by atoms with Crippen LogP contribution in [-0.4, -0.2) is 47.5 Å². The van der Waals surface area contributed by atoms with Crippen LogP contribution in [0.2, 0.25) is 0 Å². The normalized spacial score (nSPS) is 21.5. The van der Waals surface area contributed by atoms with E-state index in [1.54, 1.807) is 6.20 Å². The monoisotopic (exact) mass is 289 g/mol. The summed E-state index contributed by atoms with van der Waals surface area (Å²) in [6.07, 6.45) is 6.59. The van der Waals surface area contributed by atoms with Crippen LogP contribution in [0.3, 0.4) is 0 Å². The van der Waals surface area contributed by atoms with Crippen LogP contribution in [-0.2, 0) is 4.79 Å². The zero-order chi connectivity index (χ0) is 14.5. The van der Waals surface area contributed by atoms with Crippen LogP contribution in [0.4, 0.5) is 5.82 Å². The Hall–Kier alpha value is -1.66. The first-order chi connectivity index (χ1) is 10.3. The summed E-state index contributed by atoms with van der Waals surface area (Å²) >= 11 is 0. The molecule has 1 aromatic heterocycles. The second kappa shape index (κ2) is 6.87. The van der Waals surface area contributed by atoms with Crippen LogP contribution in [0.25, 0.3) is 0 Å². The summed E-state index contributed by atoms with van der Waals surface area (Å²) in [7, 11) is 0. The first-order valence-corrected chi connectivity index (χ1v) is 7.74. The molecule has 2 fully saturated rings. The van der Waals surface area contributed by atoms with E-state index in [0.717, 1.165) is 13.1 Å². The zero-order valence-corrected chi connectivity index (χ0v) is 12.2. The zero-order valence-electron chi connectivity index (χ0n) is 12.2. The van der Waals surface area contributed by atoms with Gasteiger partial charge in [0.1, 0.15) is 5.82 Å². The summed E-state index contributed by atoms with van der Waals surface area (Å²) in [5.41, 5.74) is 5.57. The molecule has 0 radical (unpaired) electrons. The maximum Gasteiger partial charge on any atom is 0.252 e. The number of nitrogens with one attached hydrogen (secondary N) is 3. The first kappa shape index (κ1) is 14.3. The molecule has 114 valence electrons. The number of hydrazine groups is 1. The minimum absolute atomic E-state index is 0.00875. The summed E-state index contributed by atoms with van der Waals surface area (Å²) in [5, 5.41) is 3.50. The van der Waals surface area contributed by atoms with Crippen LogP contribution >= 0.6 is 0 Å². The third-order valence-corrected chi connectivity index (χ3v) is 4.02. The largest absolute Gasteiger partial charge is 0.313 e. The molecule has 1 atom stereocenters. The molecule has 1 saturated carbocycles. The van der Waals surface area contributed by atoms with Gasteiger partial charge in [0, 0.05) is 24.8 Å². The highest BCUT2D eigenvalue weighted by molar-refractivity contribution is 5.79. The van der Waals surface area contributed by atoms with Crippen molar-refractivity contribution in [1.29, 1.82) is 0 Å². The number of nitrogens with zero attached hydrogens (tertiary/aromatic N) is 2. The van der Waals surface area contributed by atoms with Gasteiger partial charge in [-0.15, -0.1) is 0 Å². The molecule has 0 bridgehead atoms. The van der Waals surface area contributed by atoms with Crippen molar-refractivity contribution in [2.45, 2.75) is 37.8 Å². The summed E-state index contributed by atoms with van der Waals surface area (Å²) < 4.78 is 0. The van der Waals surface area contributed by atoms with Gasteiger partial charge in [-0.05, 0) is 44.4 Å². The molecule has 0 spiro atoms. The standard InChI is InChI=1S/C15H23N5O/c21-15(19-18-14-5-1-2-8-17-14)11-20(13-6-7-13)10-12-4-3-9-16-12/h1-2,5,8,12-13,16H,3-4,6-7,9-11H2,(H,17,18)(H,19,21). The van der Waals surface area contributed by atoms with Crippen LogP contribution in [0.1, 0.15) is 25.7 Å². The number of carbonyl (C=O) groups excluding carboxylic acids is 1. The van der Waals surface area contributed by atoms with E-state index in [-0.39, 0.29) is 5.91 Å². The molecule has 1 aliphatic heterocycles. The summed E-state index contributed by atoms with van der Waals surface area (Å²) in [6, 6.07) is 6.68. The Bertz CT molecular complexity index is 456. The van der Waals surface area contributed by atoms with E-state index in [1.165, 1.54) is 25.7 Å². The van der Waals surface area contributed by atoms with Crippen LogP contribution in [0.15, 0.2) is 24.4 Å². The minimum Gasteiger partial charge on any atom is -0.313 e. The fraction of sp³-hybridized carbons (Fsp3) is 0.600. The molecule has 1 unspecified atom stereocenters. The molecule has 1 saturated heterocycles. The molecule has 3 rings (SSSR count). The predicted octanol–water partition coefficient (Wildman–Crippen LogP) is 0.741. The molecule has 1 amide bonds. The van der Waals surface area contributed by atoms with Gasteiger partial charge in [-0.3, -0.25) is 20.5 Å². The van der Waals surface area contributed by atoms with Crippen molar-refractivity contribution in [2.75, 3.05) is 25.1 Å². The molecule has 1 aliphatic carbocycles. The topological polar surface area (TPSA) is 69.3 Å². The van der Waals surface area contributed by atoms with Crippen molar-refractivity contribution in [1.82, 2.24) is 20.6 Å². The first-order valence-electron chi connectivity index (χ1n) is 7.74. The number of hydrogen-bond donors (Lipinski definition) is 3. The number of hydrogen-bond acceptors (Lipinski definition) is 5. The molecule has 2 aliphatic rings. The van der Waals surface area contributed by atoms with Gasteiger partial charge >= 0.3 is 0 Å². The lowest BCUT2D eigenvalue weighted by molar-refractivity contribution is -0.122. The Morgan fingerprint density at radius 3 is 2.95 bits per heavy atom. The van der Waals surface area contributed by atoms with E-state index in [9.17, 15) is 4.79 Å². The minimum atomic E-state index is -0.00875. The second-order valence-corrected chi connectivity index (χ2v) is 5.84. The van der Waals surface area contributed by atoms with Crippen molar-refractivity contribution in [3.8, 4) is 0 Å². The van der Waals surface area contributed by atoms with Crippen LogP contribution in [0, 0.1) is 0 Å². The van der Waals surface area contributed by atoms with Crippen molar-refractivity contribution >= 4 is 11.7 Å². The molecule has 2 heterocycles. The quantitative estimate of drug-likeness (QED) is 0.646. The van der Waals surface area contributed by atoms with Crippen molar-refractivity contribution in [3.63, 3.8) is 0 Å². The molecular formula is C15H23N5O. The highest BCUT2D eigenvalue weighted by Gasteiger charge is 2.32. The Balaban J connectivity index is 1.45. The maximum absolute atomic E-state index is 12.1. The number of pyridine rings is 1. The number of carbonyl (C=O) groups is 1. The summed E-state index contributed by atoms with van der Waals surface area (Å²) in [4.78, 5) is 18.5. The molecule has 0 aromatic carbocycles. The molecule has 21 heavy (non-hydrogen) atoms. The lowest BCUT2D eigenvalue weighted by Gasteiger charge is -2.25. The molecule has 6 nitrogen and oxygen atoms in total. The van der Waals surface area contributed by atoms with Crippen molar-refractivity contribution in [3.05, 3.63) is 24.4 Å². The molecule has 1 aromatic rings. The van der Waals surface area contributed by atoms with Gasteiger partial charge in [-0.25, -0.2) is 4.98 Å². The van der Waals surface area contributed by atoms with Crippen LogP contribution in [0.5, 0.6) is 0 Å². The van der Waals surface area contributed by atoms with Gasteiger partial charge in [0.15, 0.2) is 0 Å². The van der Waals surface area contributed by atoms with Crippen molar-refractivity contribution < 1.29 is 4.79 Å². The van der Waals surface area contributed by atoms with Gasteiger partial charge in [0.05, 0.1) is 6.54 Å². The number of rotatable bonds is 7. The Morgan fingerprint density at radius 1 is 1.38 bits per heavy atom. The van der Waals surface area contributed by atoms with E-state index < -0.39 is 0 Å². The van der Waals surface area contributed by atoms with Crippen molar-refractivity contribution in [2.24, 2.45) is 0 Å². The van der Waals surface area contributed by atoms with Gasteiger partial charge in [-0.1, -0.05) is 6.07 Å². The highest BCUT2D eigenvalue weighted by atomic mass is 16.2. The third-order valence-electron chi connectivity index (χ3n) is 4.02. The average Bonchev–Trinajstić information content (AvgIpc) is 3.24. The predicted molar refractivity (Wildman–Crippen MR) is 81.6 cm³/mol. The van der Waals surface area contributed by atoms with Gasteiger partial charge in [-0.2, -0.15) is 0 Å².